The van der Waals surface area contributed by atoms with E-state index in [0.717, 1.165) is 6.42 Å². The number of fused-ring (bicyclic) bond motifs is 1. The smallest absolute Gasteiger partial charge is 0.261 e. The lowest BCUT2D eigenvalue weighted by molar-refractivity contribution is 0.285. The Bertz CT molecular complexity index is 674. The van der Waals surface area contributed by atoms with Gasteiger partial charge in [0.1, 0.15) is 5.82 Å². The summed E-state index contributed by atoms with van der Waals surface area (Å²) in [4.78, 5) is 17.3. The number of aromatic nitrogens is 2. The van der Waals surface area contributed by atoms with Crippen LogP contribution < -0.4 is 5.56 Å². The highest BCUT2D eigenvalue weighted by Gasteiger charge is 2.21. The molecule has 0 radical (unpaired) electrons. The summed E-state index contributed by atoms with van der Waals surface area (Å²) in [6.07, 6.45) is 0.988. The van der Waals surface area contributed by atoms with Gasteiger partial charge in [0, 0.05) is 6.54 Å². The summed E-state index contributed by atoms with van der Waals surface area (Å²) < 4.78 is 1.74. The summed E-state index contributed by atoms with van der Waals surface area (Å²) in [5.74, 6) is 0.650. The summed E-state index contributed by atoms with van der Waals surface area (Å²) in [7, 11) is 0. The Labute approximate surface area is 124 Å². The number of nitrogens with zero attached hydrogens (tertiary/aromatic N) is 2. The minimum atomic E-state index is -0.292. The van der Waals surface area contributed by atoms with Crippen LogP contribution in [-0.2, 0) is 6.54 Å². The molecule has 0 aliphatic rings. The van der Waals surface area contributed by atoms with Crippen molar-refractivity contribution in [1.29, 1.82) is 0 Å². The average molecular weight is 293 g/mol. The van der Waals surface area contributed by atoms with E-state index in [9.17, 15) is 4.79 Å². The van der Waals surface area contributed by atoms with Crippen LogP contribution in [0.5, 0.6) is 0 Å². The SMILES string of the molecule is CCC(C)(C)Cn1c(C(C)Cl)nc2ccccc2c1=O. The number of alkyl halides is 1. The molecule has 0 bridgehead atoms. The molecule has 108 valence electrons. The zero-order valence-electron chi connectivity index (χ0n) is 12.5. The van der Waals surface area contributed by atoms with Crippen molar-refractivity contribution in [3.63, 3.8) is 0 Å². The van der Waals surface area contributed by atoms with Crippen molar-refractivity contribution in [2.75, 3.05) is 0 Å². The van der Waals surface area contributed by atoms with Crippen LogP contribution in [0.4, 0.5) is 0 Å². The van der Waals surface area contributed by atoms with E-state index in [4.69, 9.17) is 11.6 Å². The minimum absolute atomic E-state index is 0.000347. The van der Waals surface area contributed by atoms with E-state index in [1.54, 1.807) is 4.57 Å². The van der Waals surface area contributed by atoms with Gasteiger partial charge in [0.15, 0.2) is 0 Å². The number of halogens is 1. The fourth-order valence-electron chi connectivity index (χ4n) is 2.18. The highest BCUT2D eigenvalue weighted by atomic mass is 35.5. The number of benzene rings is 1. The molecular weight excluding hydrogens is 272 g/mol. The number of hydrogen-bond acceptors (Lipinski definition) is 2. The third-order valence-electron chi connectivity index (χ3n) is 3.79. The van der Waals surface area contributed by atoms with Gasteiger partial charge < -0.3 is 0 Å². The molecule has 2 rings (SSSR count). The van der Waals surface area contributed by atoms with Crippen molar-refractivity contribution < 1.29 is 0 Å². The summed E-state index contributed by atoms with van der Waals surface area (Å²) in [5, 5.41) is 0.362. The van der Waals surface area contributed by atoms with Crippen LogP contribution in [0.2, 0.25) is 0 Å². The van der Waals surface area contributed by atoms with E-state index in [1.165, 1.54) is 0 Å². The Hall–Kier alpha value is -1.35. The normalized spacial score (nSPS) is 13.7. The zero-order chi connectivity index (χ0) is 14.9. The molecule has 0 saturated heterocycles. The Kier molecular flexibility index (Phi) is 4.19. The lowest BCUT2D eigenvalue weighted by Gasteiger charge is -2.26. The third kappa shape index (κ3) is 2.88. The first-order valence-corrected chi connectivity index (χ1v) is 7.43. The second-order valence-corrected chi connectivity index (χ2v) is 6.67. The first-order chi connectivity index (χ1) is 9.35. The Morgan fingerprint density at radius 2 is 2.00 bits per heavy atom. The molecule has 1 aromatic heterocycles. The van der Waals surface area contributed by atoms with Crippen molar-refractivity contribution >= 4 is 22.5 Å². The molecule has 0 saturated carbocycles. The van der Waals surface area contributed by atoms with Crippen molar-refractivity contribution in [2.45, 2.75) is 46.0 Å². The van der Waals surface area contributed by atoms with E-state index >= 15 is 0 Å². The highest BCUT2D eigenvalue weighted by Crippen LogP contribution is 2.25. The lowest BCUT2D eigenvalue weighted by atomic mass is 9.90. The van der Waals surface area contributed by atoms with Gasteiger partial charge in [-0.25, -0.2) is 4.98 Å². The molecule has 0 aliphatic heterocycles. The van der Waals surface area contributed by atoms with Crippen molar-refractivity contribution in [3.05, 3.63) is 40.4 Å². The molecule has 3 nitrogen and oxygen atoms in total. The first-order valence-electron chi connectivity index (χ1n) is 6.99. The minimum Gasteiger partial charge on any atom is -0.294 e. The predicted molar refractivity (Wildman–Crippen MR) is 84.3 cm³/mol. The highest BCUT2D eigenvalue weighted by molar-refractivity contribution is 6.20. The summed E-state index contributed by atoms with van der Waals surface area (Å²) in [5.41, 5.74) is 0.749. The number of para-hydroxylation sites is 1. The van der Waals surface area contributed by atoms with Gasteiger partial charge in [0.2, 0.25) is 0 Å². The molecule has 1 aromatic carbocycles. The lowest BCUT2D eigenvalue weighted by Crippen LogP contribution is -2.32. The molecule has 0 fully saturated rings. The molecule has 1 heterocycles. The third-order valence-corrected chi connectivity index (χ3v) is 3.99. The molecule has 0 aliphatic carbocycles. The van der Waals surface area contributed by atoms with E-state index in [0.29, 0.717) is 23.3 Å². The standard InChI is InChI=1S/C16H21ClN2O/c1-5-16(3,4)10-19-14(11(2)17)18-13-9-7-6-8-12(13)15(19)20/h6-9,11H,5,10H2,1-4H3. The van der Waals surface area contributed by atoms with Crippen LogP contribution in [-0.4, -0.2) is 9.55 Å². The maximum Gasteiger partial charge on any atom is 0.261 e. The van der Waals surface area contributed by atoms with Gasteiger partial charge in [0.25, 0.3) is 5.56 Å². The van der Waals surface area contributed by atoms with Crippen LogP contribution >= 0.6 is 11.6 Å². The molecule has 0 spiro atoms. The van der Waals surface area contributed by atoms with Gasteiger partial charge in [-0.05, 0) is 30.9 Å². The number of rotatable bonds is 4. The van der Waals surface area contributed by atoms with E-state index in [1.807, 2.05) is 31.2 Å². The molecule has 4 heteroatoms. The molecule has 1 unspecified atom stereocenters. The molecule has 0 amide bonds. The quantitative estimate of drug-likeness (QED) is 0.794. The predicted octanol–water partition coefficient (Wildman–Crippen LogP) is 4.13. The van der Waals surface area contributed by atoms with Gasteiger partial charge in [-0.2, -0.15) is 0 Å². The Morgan fingerprint density at radius 3 is 2.60 bits per heavy atom. The van der Waals surface area contributed by atoms with Gasteiger partial charge in [0.05, 0.1) is 16.3 Å². The molecule has 2 aromatic rings. The summed E-state index contributed by atoms with van der Waals surface area (Å²) in [6, 6.07) is 7.43. The zero-order valence-corrected chi connectivity index (χ0v) is 13.2. The first kappa shape index (κ1) is 15.0. The van der Waals surface area contributed by atoms with E-state index in [-0.39, 0.29) is 16.4 Å². The van der Waals surface area contributed by atoms with Gasteiger partial charge in [-0.1, -0.05) is 32.9 Å². The molecule has 0 N–H and O–H groups in total. The monoisotopic (exact) mass is 292 g/mol. The van der Waals surface area contributed by atoms with Gasteiger partial charge >= 0.3 is 0 Å². The van der Waals surface area contributed by atoms with Crippen molar-refractivity contribution in [3.8, 4) is 0 Å². The maximum atomic E-state index is 12.7. The number of hydrogen-bond donors (Lipinski definition) is 0. The maximum absolute atomic E-state index is 12.7. The van der Waals surface area contributed by atoms with Crippen LogP contribution in [0.15, 0.2) is 29.1 Å². The molecular formula is C16H21ClN2O. The Balaban J connectivity index is 2.70. The topological polar surface area (TPSA) is 34.9 Å². The second kappa shape index (κ2) is 5.57. The van der Waals surface area contributed by atoms with Crippen LogP contribution in [0.25, 0.3) is 10.9 Å². The van der Waals surface area contributed by atoms with Crippen molar-refractivity contribution in [1.82, 2.24) is 9.55 Å². The fraction of sp³-hybridized carbons (Fsp3) is 0.500. The van der Waals surface area contributed by atoms with Gasteiger partial charge in [-0.3, -0.25) is 9.36 Å². The van der Waals surface area contributed by atoms with Gasteiger partial charge in [-0.15, -0.1) is 11.6 Å². The Morgan fingerprint density at radius 1 is 1.35 bits per heavy atom. The average Bonchev–Trinajstić information content (AvgIpc) is 2.41. The fourth-order valence-corrected chi connectivity index (χ4v) is 2.35. The van der Waals surface area contributed by atoms with E-state index < -0.39 is 0 Å². The summed E-state index contributed by atoms with van der Waals surface area (Å²) in [6.45, 7) is 8.91. The van der Waals surface area contributed by atoms with Crippen LogP contribution in [0.1, 0.15) is 45.3 Å². The van der Waals surface area contributed by atoms with Crippen molar-refractivity contribution in [2.24, 2.45) is 5.41 Å². The summed E-state index contributed by atoms with van der Waals surface area (Å²) >= 11 is 6.23. The van der Waals surface area contributed by atoms with Crippen LogP contribution in [0.3, 0.4) is 0 Å². The molecule has 1 atom stereocenters. The van der Waals surface area contributed by atoms with E-state index in [2.05, 4.69) is 25.8 Å². The molecule has 20 heavy (non-hydrogen) atoms. The largest absolute Gasteiger partial charge is 0.294 e. The second-order valence-electron chi connectivity index (χ2n) is 6.01. The van der Waals surface area contributed by atoms with Crippen LogP contribution in [0, 0.1) is 5.41 Å².